The summed E-state index contributed by atoms with van der Waals surface area (Å²) in [5, 5.41) is 0. The van der Waals surface area contributed by atoms with Crippen LogP contribution in [-0.2, 0) is 9.47 Å². The van der Waals surface area contributed by atoms with Gasteiger partial charge in [0.2, 0.25) is 0 Å². The first-order chi connectivity index (χ1) is 9.56. The Kier molecular flexibility index (Phi) is 7.58. The third-order valence-corrected chi connectivity index (χ3v) is 3.03. The molecule has 1 aromatic carbocycles. The lowest BCUT2D eigenvalue weighted by atomic mass is 10.1. The van der Waals surface area contributed by atoms with Gasteiger partial charge in [-0.3, -0.25) is 4.79 Å². The lowest BCUT2D eigenvalue weighted by Crippen LogP contribution is -2.11. The number of ketones is 1. The van der Waals surface area contributed by atoms with Crippen LogP contribution in [0.1, 0.15) is 23.7 Å². The summed E-state index contributed by atoms with van der Waals surface area (Å²) >= 11 is 3.31. The van der Waals surface area contributed by atoms with Crippen molar-refractivity contribution in [2.75, 3.05) is 39.3 Å². The SMILES string of the molecule is COCCCOCCOc1c(N)cc(Br)cc1C(C)=O. The van der Waals surface area contributed by atoms with E-state index >= 15 is 0 Å². The van der Waals surface area contributed by atoms with Crippen molar-refractivity contribution in [3.8, 4) is 5.75 Å². The van der Waals surface area contributed by atoms with Gasteiger partial charge in [0.05, 0.1) is 17.9 Å². The van der Waals surface area contributed by atoms with E-state index < -0.39 is 0 Å². The van der Waals surface area contributed by atoms with Crippen LogP contribution in [0.2, 0.25) is 0 Å². The molecule has 5 nitrogen and oxygen atoms in total. The maximum atomic E-state index is 11.6. The summed E-state index contributed by atoms with van der Waals surface area (Å²) in [5.41, 5.74) is 6.78. The average molecular weight is 346 g/mol. The fraction of sp³-hybridized carbons (Fsp3) is 0.500. The third kappa shape index (κ3) is 5.48. The first kappa shape index (κ1) is 16.9. The van der Waals surface area contributed by atoms with Gasteiger partial charge in [0.25, 0.3) is 0 Å². The number of hydrogen-bond acceptors (Lipinski definition) is 5. The molecule has 0 aromatic heterocycles. The number of carbonyl (C=O) groups excluding carboxylic acids is 1. The lowest BCUT2D eigenvalue weighted by Gasteiger charge is -2.13. The van der Waals surface area contributed by atoms with Crippen LogP contribution in [0.15, 0.2) is 16.6 Å². The summed E-state index contributed by atoms with van der Waals surface area (Å²) in [5.74, 6) is 0.329. The Labute approximate surface area is 127 Å². The zero-order valence-electron chi connectivity index (χ0n) is 11.8. The first-order valence-corrected chi connectivity index (χ1v) is 7.15. The topological polar surface area (TPSA) is 70.8 Å². The van der Waals surface area contributed by atoms with Crippen molar-refractivity contribution in [2.24, 2.45) is 0 Å². The van der Waals surface area contributed by atoms with Crippen molar-refractivity contribution in [2.45, 2.75) is 13.3 Å². The minimum absolute atomic E-state index is 0.0889. The van der Waals surface area contributed by atoms with Gasteiger partial charge in [-0.1, -0.05) is 15.9 Å². The Morgan fingerprint density at radius 3 is 2.65 bits per heavy atom. The standard InChI is InChI=1S/C14H20BrNO4/c1-10(17)12-8-11(15)9-13(16)14(12)20-7-6-19-5-3-4-18-2/h8-9H,3-7,16H2,1-2H3. The second-order valence-corrected chi connectivity index (χ2v) is 5.15. The number of halogens is 1. The van der Waals surface area contributed by atoms with E-state index in [-0.39, 0.29) is 5.78 Å². The predicted molar refractivity (Wildman–Crippen MR) is 81.4 cm³/mol. The smallest absolute Gasteiger partial charge is 0.163 e. The maximum Gasteiger partial charge on any atom is 0.163 e. The van der Waals surface area contributed by atoms with E-state index in [0.29, 0.717) is 43.4 Å². The summed E-state index contributed by atoms with van der Waals surface area (Å²) in [6.45, 7) is 3.56. The van der Waals surface area contributed by atoms with Crippen LogP contribution >= 0.6 is 15.9 Å². The van der Waals surface area contributed by atoms with Crippen molar-refractivity contribution < 1.29 is 19.0 Å². The minimum atomic E-state index is -0.0889. The molecule has 0 aliphatic rings. The molecule has 112 valence electrons. The summed E-state index contributed by atoms with van der Waals surface area (Å²) in [7, 11) is 1.66. The molecule has 0 unspecified atom stereocenters. The molecule has 0 bridgehead atoms. The van der Waals surface area contributed by atoms with Gasteiger partial charge in [-0.2, -0.15) is 0 Å². The number of nitrogens with two attached hydrogens (primary N) is 1. The zero-order chi connectivity index (χ0) is 15.0. The molecule has 1 rings (SSSR count). The highest BCUT2D eigenvalue weighted by atomic mass is 79.9. The summed E-state index contributed by atoms with van der Waals surface area (Å²) in [4.78, 5) is 11.6. The fourth-order valence-corrected chi connectivity index (χ4v) is 2.12. The summed E-state index contributed by atoms with van der Waals surface area (Å²) in [6, 6.07) is 3.41. The minimum Gasteiger partial charge on any atom is -0.488 e. The van der Waals surface area contributed by atoms with E-state index in [1.165, 1.54) is 6.92 Å². The van der Waals surface area contributed by atoms with Crippen LogP contribution in [0, 0.1) is 0 Å². The van der Waals surface area contributed by atoms with Crippen LogP contribution in [0.5, 0.6) is 5.75 Å². The highest BCUT2D eigenvalue weighted by molar-refractivity contribution is 9.10. The van der Waals surface area contributed by atoms with Gasteiger partial charge in [-0.25, -0.2) is 0 Å². The number of anilines is 1. The second kappa shape index (κ2) is 8.94. The molecule has 0 aliphatic heterocycles. The lowest BCUT2D eigenvalue weighted by molar-refractivity contribution is 0.0801. The van der Waals surface area contributed by atoms with Crippen LogP contribution in [0.3, 0.4) is 0 Å². The monoisotopic (exact) mass is 345 g/mol. The molecule has 20 heavy (non-hydrogen) atoms. The molecule has 0 radical (unpaired) electrons. The van der Waals surface area contributed by atoms with Crippen LogP contribution < -0.4 is 10.5 Å². The number of benzene rings is 1. The van der Waals surface area contributed by atoms with Crippen molar-refractivity contribution in [1.82, 2.24) is 0 Å². The number of Topliss-reactive ketones (excluding diaryl/α,β-unsaturated/α-hetero) is 1. The Bertz CT molecular complexity index is 451. The highest BCUT2D eigenvalue weighted by Crippen LogP contribution is 2.31. The van der Waals surface area contributed by atoms with Crippen molar-refractivity contribution in [3.05, 3.63) is 22.2 Å². The quantitative estimate of drug-likeness (QED) is 0.423. The molecule has 1 aromatic rings. The molecule has 0 heterocycles. The molecule has 2 N–H and O–H groups in total. The van der Waals surface area contributed by atoms with Crippen molar-refractivity contribution in [1.29, 1.82) is 0 Å². The third-order valence-electron chi connectivity index (χ3n) is 2.57. The molecule has 0 fully saturated rings. The maximum absolute atomic E-state index is 11.6. The number of hydrogen-bond donors (Lipinski definition) is 1. The molecule has 0 amide bonds. The molecular formula is C14H20BrNO4. The molecule has 0 atom stereocenters. The van der Waals surface area contributed by atoms with Crippen LogP contribution in [0.4, 0.5) is 5.69 Å². The first-order valence-electron chi connectivity index (χ1n) is 6.35. The van der Waals surface area contributed by atoms with E-state index in [9.17, 15) is 4.79 Å². The molecule has 0 saturated carbocycles. The predicted octanol–water partition coefficient (Wildman–Crippen LogP) is 2.67. The Morgan fingerprint density at radius 1 is 1.25 bits per heavy atom. The van der Waals surface area contributed by atoms with Gasteiger partial charge in [0.1, 0.15) is 6.61 Å². The van der Waals surface area contributed by atoms with E-state index in [1.807, 2.05) is 0 Å². The van der Waals surface area contributed by atoms with Gasteiger partial charge in [-0.15, -0.1) is 0 Å². The second-order valence-electron chi connectivity index (χ2n) is 4.24. The van der Waals surface area contributed by atoms with Gasteiger partial charge < -0.3 is 19.9 Å². The van der Waals surface area contributed by atoms with Gasteiger partial charge in [0, 0.05) is 24.8 Å². The number of rotatable bonds is 9. The summed E-state index contributed by atoms with van der Waals surface area (Å²) in [6.07, 6.45) is 0.843. The number of methoxy groups -OCH3 is 1. The van der Waals surface area contributed by atoms with E-state index in [2.05, 4.69) is 15.9 Å². The molecular weight excluding hydrogens is 326 g/mol. The summed E-state index contributed by atoms with van der Waals surface area (Å²) < 4.78 is 16.6. The van der Waals surface area contributed by atoms with E-state index in [0.717, 1.165) is 10.9 Å². The molecule has 6 heteroatoms. The van der Waals surface area contributed by atoms with Crippen LogP contribution in [-0.4, -0.2) is 39.3 Å². The normalized spacial score (nSPS) is 10.6. The Hall–Kier alpha value is -1.11. The van der Waals surface area contributed by atoms with Crippen molar-refractivity contribution >= 4 is 27.4 Å². The number of nitrogen functional groups attached to an aromatic ring is 1. The van der Waals surface area contributed by atoms with E-state index in [1.54, 1.807) is 19.2 Å². The zero-order valence-corrected chi connectivity index (χ0v) is 13.4. The average Bonchev–Trinajstić information content (AvgIpc) is 2.39. The van der Waals surface area contributed by atoms with Crippen LogP contribution in [0.25, 0.3) is 0 Å². The van der Waals surface area contributed by atoms with Gasteiger partial charge in [0.15, 0.2) is 11.5 Å². The molecule has 0 aliphatic carbocycles. The van der Waals surface area contributed by atoms with Crippen molar-refractivity contribution in [3.63, 3.8) is 0 Å². The Balaban J connectivity index is 2.49. The molecule has 0 saturated heterocycles. The largest absolute Gasteiger partial charge is 0.488 e. The Morgan fingerprint density at radius 2 is 2.00 bits per heavy atom. The highest BCUT2D eigenvalue weighted by Gasteiger charge is 2.13. The molecule has 0 spiro atoms. The van der Waals surface area contributed by atoms with Gasteiger partial charge >= 0.3 is 0 Å². The number of ether oxygens (including phenoxy) is 3. The number of carbonyl (C=O) groups is 1. The fourth-order valence-electron chi connectivity index (χ4n) is 1.65. The van der Waals surface area contributed by atoms with E-state index in [4.69, 9.17) is 19.9 Å². The van der Waals surface area contributed by atoms with Gasteiger partial charge in [-0.05, 0) is 25.5 Å².